The number of phenolic OH excluding ortho intramolecular Hbond substituents is 3. The van der Waals surface area contributed by atoms with Gasteiger partial charge in [-0.3, -0.25) is 0 Å². The molecule has 2 aromatic carbocycles. The van der Waals surface area contributed by atoms with Gasteiger partial charge in [0, 0.05) is 12.1 Å². The Morgan fingerprint density at radius 3 is 2.41 bits per heavy atom. The van der Waals surface area contributed by atoms with Gasteiger partial charge in [-0.05, 0) is 25.1 Å². The van der Waals surface area contributed by atoms with Crippen molar-refractivity contribution in [2.24, 2.45) is 0 Å². The highest BCUT2D eigenvalue weighted by Crippen LogP contribution is 2.46. The fourth-order valence-corrected chi connectivity index (χ4v) is 3.73. The quantitative estimate of drug-likeness (QED) is 0.374. The van der Waals surface area contributed by atoms with Gasteiger partial charge in [0.15, 0.2) is 17.3 Å². The molecule has 0 spiro atoms. The molecule has 32 heavy (non-hydrogen) atoms. The first-order chi connectivity index (χ1) is 15.2. The number of phenols is 3. The Morgan fingerprint density at radius 2 is 1.69 bits per heavy atom. The van der Waals surface area contributed by atoms with Crippen molar-refractivity contribution in [2.45, 2.75) is 43.7 Å². The van der Waals surface area contributed by atoms with E-state index in [1.807, 2.05) is 0 Å². The Hall–Kier alpha value is -3.18. The number of rotatable bonds is 4. The molecule has 1 saturated heterocycles. The van der Waals surface area contributed by atoms with Gasteiger partial charge in [-0.2, -0.15) is 0 Å². The van der Waals surface area contributed by atoms with E-state index < -0.39 is 36.8 Å². The van der Waals surface area contributed by atoms with Crippen molar-refractivity contribution in [1.29, 1.82) is 0 Å². The van der Waals surface area contributed by atoms with E-state index in [2.05, 4.69) is 4.74 Å². The third-order valence-electron chi connectivity index (χ3n) is 5.53. The molecule has 0 radical (unpaired) electrons. The summed E-state index contributed by atoms with van der Waals surface area (Å²) in [5.41, 5.74) is 0.817. The van der Waals surface area contributed by atoms with Crippen LogP contribution in [0, 0.1) is 0 Å². The predicted octanol–water partition coefficient (Wildman–Crippen LogP) is 0.993. The van der Waals surface area contributed by atoms with Crippen LogP contribution in [0.1, 0.15) is 24.2 Å². The molecule has 7 N–H and O–H groups in total. The van der Waals surface area contributed by atoms with E-state index >= 15 is 0 Å². The molecule has 0 aromatic heterocycles. The van der Waals surface area contributed by atoms with E-state index in [1.54, 1.807) is 12.1 Å². The zero-order chi connectivity index (χ0) is 23.2. The number of ether oxygens (including phenoxy) is 4. The number of aliphatic hydroxyl groups excluding tert-OH is 3. The van der Waals surface area contributed by atoms with Gasteiger partial charge in [-0.15, -0.1) is 0 Å². The van der Waals surface area contributed by atoms with Gasteiger partial charge in [-0.1, -0.05) is 0 Å². The summed E-state index contributed by atoms with van der Waals surface area (Å²) < 4.78 is 21.2. The topological polar surface area (TPSA) is 162 Å². The van der Waals surface area contributed by atoms with Crippen LogP contribution in [-0.4, -0.2) is 73.2 Å². The summed E-state index contributed by atoms with van der Waals surface area (Å²) in [5.74, 6) is 0.156. The number of aromatic hydroxyl groups is 4. The summed E-state index contributed by atoms with van der Waals surface area (Å²) in [4.78, 5) is 0. The van der Waals surface area contributed by atoms with Crippen LogP contribution < -0.4 is 4.74 Å². The van der Waals surface area contributed by atoms with Gasteiger partial charge < -0.3 is 49.6 Å². The molecule has 2 aliphatic rings. The zero-order valence-corrected chi connectivity index (χ0v) is 17.3. The zero-order valence-electron chi connectivity index (χ0n) is 17.3. The lowest BCUT2D eigenvalue weighted by Crippen LogP contribution is -2.57. The van der Waals surface area contributed by atoms with E-state index in [4.69, 9.17) is 14.2 Å². The van der Waals surface area contributed by atoms with Crippen LogP contribution in [0.4, 0.5) is 0 Å². The van der Waals surface area contributed by atoms with Gasteiger partial charge in [0.25, 0.3) is 11.9 Å². The second-order valence-corrected chi connectivity index (χ2v) is 7.71. The predicted molar refractivity (Wildman–Crippen MR) is 110 cm³/mol. The molecular formula is C22H25O10+. The van der Waals surface area contributed by atoms with Crippen molar-refractivity contribution in [1.82, 2.24) is 0 Å². The lowest BCUT2D eigenvalue weighted by Gasteiger charge is -2.40. The van der Waals surface area contributed by atoms with E-state index in [1.165, 1.54) is 32.2 Å². The molecule has 6 atom stereocenters. The van der Waals surface area contributed by atoms with Gasteiger partial charge in [-0.25, -0.2) is 0 Å². The number of hydrogen-bond acceptors (Lipinski definition) is 9. The summed E-state index contributed by atoms with van der Waals surface area (Å²) in [5, 5.41) is 60.5. The van der Waals surface area contributed by atoms with Crippen LogP contribution in [0.5, 0.6) is 28.7 Å². The molecule has 0 saturated carbocycles. The van der Waals surface area contributed by atoms with Crippen molar-refractivity contribution in [3.05, 3.63) is 47.2 Å². The lowest BCUT2D eigenvalue weighted by molar-refractivity contribution is -0.287. The molecule has 0 bridgehead atoms. The Morgan fingerprint density at radius 1 is 0.938 bits per heavy atom. The van der Waals surface area contributed by atoms with Gasteiger partial charge >= 0.3 is 0 Å². The number of benzene rings is 2. The second-order valence-electron chi connectivity index (χ2n) is 7.71. The Balaban J connectivity index is 1.75. The van der Waals surface area contributed by atoms with Crippen LogP contribution >= 0.6 is 0 Å². The highest BCUT2D eigenvalue weighted by atomic mass is 16.7. The minimum Gasteiger partial charge on any atom is -0.571 e. The summed E-state index contributed by atoms with van der Waals surface area (Å²) in [6.07, 6.45) is -5.81. The summed E-state index contributed by atoms with van der Waals surface area (Å²) in [7, 11) is 1.40. The molecule has 1 fully saturated rings. The minimum absolute atomic E-state index is 0.0776. The van der Waals surface area contributed by atoms with Crippen LogP contribution in [0.25, 0.3) is 6.08 Å². The van der Waals surface area contributed by atoms with E-state index in [-0.39, 0.29) is 34.3 Å². The lowest BCUT2D eigenvalue weighted by atomic mass is 9.99. The standard InChI is InChI=1S/C22H24O10/c1-9-18(26)19(27)20(28)22(30-9)32-17-8-12-14(25)6-11(23)7-15(12)31-21(17)10-3-4-13(24)16(5-10)29-2/h3-9,18-28H,1-2H3/p+1. The van der Waals surface area contributed by atoms with Crippen LogP contribution in [-0.2, 0) is 9.47 Å². The van der Waals surface area contributed by atoms with Crippen LogP contribution in [0.2, 0.25) is 0 Å². The van der Waals surface area contributed by atoms with Crippen LogP contribution in [0.15, 0.2) is 36.1 Å². The molecule has 4 rings (SSSR count). The van der Waals surface area contributed by atoms with E-state index in [0.717, 1.165) is 6.07 Å². The molecule has 2 aromatic rings. The molecular weight excluding hydrogens is 424 g/mol. The first-order valence-electron chi connectivity index (χ1n) is 9.91. The van der Waals surface area contributed by atoms with Gasteiger partial charge in [0.1, 0.15) is 35.4 Å². The van der Waals surface area contributed by atoms with Gasteiger partial charge in [0.2, 0.25) is 6.29 Å². The maximum atomic E-state index is 10.4. The second kappa shape index (κ2) is 8.40. The minimum atomic E-state index is -1.55. The van der Waals surface area contributed by atoms with Crippen molar-refractivity contribution < 1.29 is 49.6 Å². The molecule has 10 heteroatoms. The summed E-state index contributed by atoms with van der Waals surface area (Å²) in [6, 6.07) is 7.09. The third-order valence-corrected chi connectivity index (χ3v) is 5.53. The molecule has 2 aliphatic heterocycles. The Labute approximate surface area is 183 Å². The number of fused-ring (bicyclic) bond motifs is 1. The molecule has 10 nitrogen and oxygen atoms in total. The first kappa shape index (κ1) is 22.0. The van der Waals surface area contributed by atoms with E-state index in [9.17, 15) is 30.6 Å². The summed E-state index contributed by atoms with van der Waals surface area (Å²) >= 11 is 0. The largest absolute Gasteiger partial charge is 0.571 e. The molecule has 2 heterocycles. The van der Waals surface area contributed by atoms with Crippen molar-refractivity contribution in [2.75, 3.05) is 7.11 Å². The van der Waals surface area contributed by atoms with Crippen molar-refractivity contribution in [3.8, 4) is 28.7 Å². The monoisotopic (exact) mass is 449 g/mol. The average molecular weight is 449 g/mol. The first-order valence-corrected chi connectivity index (χ1v) is 9.91. The number of hydrogen-bond donors (Lipinski definition) is 6. The van der Waals surface area contributed by atoms with E-state index in [0.29, 0.717) is 11.3 Å². The van der Waals surface area contributed by atoms with Gasteiger partial charge in [0.05, 0.1) is 24.8 Å². The fourth-order valence-electron chi connectivity index (χ4n) is 3.73. The fraction of sp³-hybridized carbons (Fsp3) is 0.364. The normalized spacial score (nSPS) is 29.5. The highest BCUT2D eigenvalue weighted by Gasteiger charge is 2.45. The number of aliphatic hydroxyl groups is 4. The molecule has 6 unspecified atom stereocenters. The molecule has 0 aliphatic carbocycles. The average Bonchev–Trinajstić information content (AvgIpc) is 2.76. The summed E-state index contributed by atoms with van der Waals surface area (Å²) in [6.45, 7) is 1.53. The maximum absolute atomic E-state index is 10.4. The molecule has 172 valence electrons. The third kappa shape index (κ3) is 3.89. The smallest absolute Gasteiger partial charge is 0.270 e. The number of methoxy groups -OCH3 is 1. The van der Waals surface area contributed by atoms with Crippen LogP contribution in [0.3, 0.4) is 0 Å². The maximum Gasteiger partial charge on any atom is 0.270 e. The van der Waals surface area contributed by atoms with Crippen molar-refractivity contribution >= 4 is 6.08 Å². The van der Waals surface area contributed by atoms with Crippen molar-refractivity contribution in [3.63, 3.8) is 0 Å². The Bertz CT molecular complexity index is 1040. The Kier molecular flexibility index (Phi) is 5.78. The SMILES string of the molecule is COc1cc(C2[OH+]c3cc(O)cc(O)c3C=C2OC2OC(C)C(O)C(O)C2O)ccc1O. The highest BCUT2D eigenvalue weighted by molar-refractivity contribution is 5.69. The molecule has 0 amide bonds.